The number of hydrogen-bond donors (Lipinski definition) is 2. The van der Waals surface area contributed by atoms with Crippen LogP contribution in [0.25, 0.3) is 10.9 Å². The minimum atomic E-state index is -0.870. The number of H-pyrrole nitrogens is 1. The second kappa shape index (κ2) is 6.66. The normalized spacial score (nSPS) is 10.9. The lowest BCUT2D eigenvalue weighted by Crippen LogP contribution is -2.12. The Balaban J connectivity index is 1.86. The Labute approximate surface area is 145 Å². The van der Waals surface area contributed by atoms with Gasteiger partial charge in [-0.05, 0) is 6.07 Å². The molecule has 0 aliphatic heterocycles. The molecule has 1 aromatic carbocycles. The number of primary amides is 1. The number of benzene rings is 1. The average molecular weight is 372 g/mol. The SMILES string of the molecule is NC(=O)OCc1[nH]c2cc(OCc3cscn3)c(Cl)cc2c1Cl. The highest BCUT2D eigenvalue weighted by molar-refractivity contribution is 7.07. The minimum absolute atomic E-state index is 0.0462. The van der Waals surface area contributed by atoms with Gasteiger partial charge in [0.05, 0.1) is 32.5 Å². The Morgan fingerprint density at radius 3 is 2.87 bits per heavy atom. The zero-order chi connectivity index (χ0) is 16.4. The predicted molar refractivity (Wildman–Crippen MR) is 89.1 cm³/mol. The number of nitrogens with zero attached hydrogens (tertiary/aromatic N) is 1. The predicted octanol–water partition coefficient (Wildman–Crippen LogP) is 4.11. The number of amides is 1. The van der Waals surface area contributed by atoms with Crippen LogP contribution in [0, 0.1) is 0 Å². The van der Waals surface area contributed by atoms with Crippen molar-refractivity contribution in [2.75, 3.05) is 0 Å². The summed E-state index contributed by atoms with van der Waals surface area (Å²) in [6, 6.07) is 3.43. The van der Waals surface area contributed by atoms with E-state index in [-0.39, 0.29) is 6.61 Å². The zero-order valence-corrected chi connectivity index (χ0v) is 14.0. The van der Waals surface area contributed by atoms with Crippen LogP contribution in [0.15, 0.2) is 23.0 Å². The molecule has 0 saturated carbocycles. The van der Waals surface area contributed by atoms with Crippen LogP contribution in [0.5, 0.6) is 5.75 Å². The third-order valence-electron chi connectivity index (χ3n) is 3.08. The van der Waals surface area contributed by atoms with E-state index in [0.717, 1.165) is 11.2 Å². The molecule has 0 aliphatic rings. The Kier molecular flexibility index (Phi) is 4.61. The maximum Gasteiger partial charge on any atom is 0.404 e. The summed E-state index contributed by atoms with van der Waals surface area (Å²) in [5.74, 6) is 0.507. The summed E-state index contributed by atoms with van der Waals surface area (Å²) in [5.41, 5.74) is 8.77. The van der Waals surface area contributed by atoms with Gasteiger partial charge < -0.3 is 20.2 Å². The number of carbonyl (C=O) groups excluding carboxylic acids is 1. The molecule has 0 bridgehead atoms. The average Bonchev–Trinajstić information content (AvgIpc) is 3.12. The first-order valence-corrected chi connectivity index (χ1v) is 8.16. The van der Waals surface area contributed by atoms with E-state index in [4.69, 9.17) is 38.4 Å². The van der Waals surface area contributed by atoms with Crippen LogP contribution in [0.1, 0.15) is 11.4 Å². The van der Waals surface area contributed by atoms with Crippen LogP contribution < -0.4 is 10.5 Å². The Morgan fingerprint density at radius 2 is 2.17 bits per heavy atom. The molecule has 3 aromatic rings. The van der Waals surface area contributed by atoms with E-state index < -0.39 is 6.09 Å². The van der Waals surface area contributed by atoms with Crippen molar-refractivity contribution in [1.29, 1.82) is 0 Å². The number of nitrogens with one attached hydrogen (secondary N) is 1. The lowest BCUT2D eigenvalue weighted by molar-refractivity contribution is 0.149. The maximum absolute atomic E-state index is 10.7. The van der Waals surface area contributed by atoms with Crippen molar-refractivity contribution in [3.63, 3.8) is 0 Å². The number of fused-ring (bicyclic) bond motifs is 1. The molecule has 3 rings (SSSR count). The van der Waals surface area contributed by atoms with Gasteiger partial charge in [-0.3, -0.25) is 0 Å². The summed E-state index contributed by atoms with van der Waals surface area (Å²) in [5, 5.41) is 3.46. The van der Waals surface area contributed by atoms with Crippen LogP contribution in [0.2, 0.25) is 10.0 Å². The fourth-order valence-corrected chi connectivity index (χ4v) is 3.05. The van der Waals surface area contributed by atoms with Gasteiger partial charge in [0.2, 0.25) is 0 Å². The monoisotopic (exact) mass is 371 g/mol. The van der Waals surface area contributed by atoms with E-state index in [1.54, 1.807) is 17.6 Å². The number of halogens is 2. The van der Waals surface area contributed by atoms with Crippen molar-refractivity contribution in [1.82, 2.24) is 9.97 Å². The number of rotatable bonds is 5. The van der Waals surface area contributed by atoms with Gasteiger partial charge in [0.25, 0.3) is 0 Å². The van der Waals surface area contributed by atoms with Crippen molar-refractivity contribution < 1.29 is 14.3 Å². The van der Waals surface area contributed by atoms with Gasteiger partial charge in [-0.1, -0.05) is 23.2 Å². The van der Waals surface area contributed by atoms with Gasteiger partial charge in [0.15, 0.2) is 0 Å². The van der Waals surface area contributed by atoms with Gasteiger partial charge in [-0.15, -0.1) is 11.3 Å². The van der Waals surface area contributed by atoms with Gasteiger partial charge in [0.1, 0.15) is 19.0 Å². The second-order valence-corrected chi connectivity index (χ2v) is 6.13. The molecule has 0 spiro atoms. The molecule has 1 amide bonds. The lowest BCUT2D eigenvalue weighted by Gasteiger charge is -2.06. The highest BCUT2D eigenvalue weighted by Crippen LogP contribution is 2.35. The largest absolute Gasteiger partial charge is 0.486 e. The van der Waals surface area contributed by atoms with Crippen LogP contribution in [-0.4, -0.2) is 16.1 Å². The molecule has 2 heterocycles. The molecule has 0 fully saturated rings. The minimum Gasteiger partial charge on any atom is -0.486 e. The molecule has 0 aliphatic carbocycles. The summed E-state index contributed by atoms with van der Waals surface area (Å²) < 4.78 is 10.4. The van der Waals surface area contributed by atoms with E-state index in [1.165, 1.54) is 11.3 Å². The van der Waals surface area contributed by atoms with Crippen molar-refractivity contribution in [2.45, 2.75) is 13.2 Å². The molecule has 3 N–H and O–H groups in total. The molecular weight excluding hydrogens is 361 g/mol. The topological polar surface area (TPSA) is 90.2 Å². The van der Waals surface area contributed by atoms with E-state index in [0.29, 0.717) is 33.5 Å². The Hall–Kier alpha value is -1.96. The third-order valence-corrected chi connectivity index (χ3v) is 4.44. The van der Waals surface area contributed by atoms with Crippen molar-refractivity contribution in [3.05, 3.63) is 44.5 Å². The molecule has 0 saturated heterocycles. The van der Waals surface area contributed by atoms with Gasteiger partial charge in [-0.25, -0.2) is 9.78 Å². The molecule has 0 radical (unpaired) electrons. The number of aromatic amines is 1. The molecule has 6 nitrogen and oxygen atoms in total. The number of carbonyl (C=O) groups is 1. The number of ether oxygens (including phenoxy) is 2. The van der Waals surface area contributed by atoms with Crippen LogP contribution in [0.4, 0.5) is 4.79 Å². The highest BCUT2D eigenvalue weighted by Gasteiger charge is 2.14. The van der Waals surface area contributed by atoms with Gasteiger partial charge in [-0.2, -0.15) is 0 Å². The molecule has 2 aromatic heterocycles. The van der Waals surface area contributed by atoms with Crippen LogP contribution in [0.3, 0.4) is 0 Å². The summed E-state index contributed by atoms with van der Waals surface area (Å²) in [6.45, 7) is 0.274. The third kappa shape index (κ3) is 3.52. The van der Waals surface area contributed by atoms with Crippen molar-refractivity contribution >= 4 is 51.5 Å². The number of hydrogen-bond acceptors (Lipinski definition) is 5. The number of aromatic nitrogens is 2. The molecule has 0 atom stereocenters. The quantitative estimate of drug-likeness (QED) is 0.705. The smallest absolute Gasteiger partial charge is 0.404 e. The fraction of sp³-hybridized carbons (Fsp3) is 0.143. The van der Waals surface area contributed by atoms with E-state index in [9.17, 15) is 4.79 Å². The molecule has 23 heavy (non-hydrogen) atoms. The molecule has 0 unspecified atom stereocenters. The number of nitrogens with two attached hydrogens (primary N) is 1. The zero-order valence-electron chi connectivity index (χ0n) is 11.6. The van der Waals surface area contributed by atoms with Crippen molar-refractivity contribution in [3.8, 4) is 5.75 Å². The van der Waals surface area contributed by atoms with E-state index in [1.807, 2.05) is 5.38 Å². The van der Waals surface area contributed by atoms with Crippen LogP contribution >= 0.6 is 34.5 Å². The van der Waals surface area contributed by atoms with E-state index >= 15 is 0 Å². The number of thiazole rings is 1. The molecular formula is C14H11Cl2N3O3S. The van der Waals surface area contributed by atoms with Gasteiger partial charge in [0, 0.05) is 16.8 Å². The first-order valence-electron chi connectivity index (χ1n) is 6.46. The van der Waals surface area contributed by atoms with Gasteiger partial charge >= 0.3 is 6.09 Å². The summed E-state index contributed by atoms with van der Waals surface area (Å²) >= 11 is 14.0. The van der Waals surface area contributed by atoms with Crippen molar-refractivity contribution in [2.24, 2.45) is 5.73 Å². The standard InChI is InChI=1S/C14H11Cl2N3O3S/c15-9-1-8-10(19-11(13(8)16)4-22-14(17)20)2-12(9)21-3-7-5-23-6-18-7/h1-2,5-6,19H,3-4H2,(H2,17,20). The summed E-state index contributed by atoms with van der Waals surface area (Å²) in [6.07, 6.45) is -0.870. The summed E-state index contributed by atoms with van der Waals surface area (Å²) in [7, 11) is 0. The Bertz CT molecular complexity index is 849. The van der Waals surface area contributed by atoms with E-state index in [2.05, 4.69) is 9.97 Å². The first kappa shape index (κ1) is 15.9. The lowest BCUT2D eigenvalue weighted by atomic mass is 10.2. The summed E-state index contributed by atoms with van der Waals surface area (Å²) in [4.78, 5) is 17.9. The van der Waals surface area contributed by atoms with Crippen LogP contribution in [-0.2, 0) is 18.0 Å². The highest BCUT2D eigenvalue weighted by atomic mass is 35.5. The fourth-order valence-electron chi connectivity index (χ4n) is 2.03. The molecule has 120 valence electrons. The first-order chi connectivity index (χ1) is 11.0. The Morgan fingerprint density at radius 1 is 1.35 bits per heavy atom. The molecule has 9 heteroatoms. The second-order valence-electron chi connectivity index (χ2n) is 4.62. The maximum atomic E-state index is 10.7.